The molecule has 0 radical (unpaired) electrons. The van der Waals surface area contributed by atoms with E-state index in [0.29, 0.717) is 0 Å². The maximum Gasteiger partial charge on any atom is 0.0786 e. The lowest BCUT2D eigenvalue weighted by Gasteiger charge is -2.39. The summed E-state index contributed by atoms with van der Waals surface area (Å²) in [6, 6.07) is 21.0. The average molecular weight is 483 g/mol. The number of unbranched alkanes of at least 4 members (excludes halogenated alkanes) is 4. The van der Waals surface area contributed by atoms with Gasteiger partial charge in [0.05, 0.1) is 26.2 Å². The van der Waals surface area contributed by atoms with Gasteiger partial charge in [-0.25, -0.2) is 0 Å². The van der Waals surface area contributed by atoms with Gasteiger partial charge in [0, 0.05) is 26.2 Å². The lowest BCUT2D eigenvalue weighted by Crippen LogP contribution is -2.50. The molecule has 0 saturated carbocycles. The highest BCUT2D eigenvalue weighted by molar-refractivity contribution is 5.15. The van der Waals surface area contributed by atoms with Crippen molar-refractivity contribution in [1.82, 2.24) is 10.6 Å². The van der Waals surface area contributed by atoms with Gasteiger partial charge in [0.2, 0.25) is 0 Å². The van der Waals surface area contributed by atoms with Crippen molar-refractivity contribution in [3.05, 3.63) is 71.8 Å². The first-order valence-corrected chi connectivity index (χ1v) is 14.5. The molecule has 3 heteroatoms. The van der Waals surface area contributed by atoms with Crippen molar-refractivity contribution in [1.29, 1.82) is 0 Å². The number of nitrogens with one attached hydrogen (secondary N) is 2. The molecular formula is C32H56N3+. The maximum absolute atomic E-state index is 3.43. The van der Waals surface area contributed by atoms with Crippen LogP contribution in [0.15, 0.2) is 60.7 Å². The van der Waals surface area contributed by atoms with E-state index in [9.17, 15) is 0 Å². The van der Waals surface area contributed by atoms with Crippen LogP contribution in [0.2, 0.25) is 0 Å². The third-order valence-electron chi connectivity index (χ3n) is 6.77. The molecule has 0 amide bonds. The fraction of sp³-hybridized carbons (Fsp3) is 0.625. The molecule has 198 valence electrons. The summed E-state index contributed by atoms with van der Waals surface area (Å²) in [4.78, 5) is 0. The summed E-state index contributed by atoms with van der Waals surface area (Å²) in [5, 5.41) is 6.85. The first-order chi connectivity index (χ1) is 17.2. The minimum Gasteiger partial charge on any atom is -0.324 e. The summed E-state index contributed by atoms with van der Waals surface area (Å²) in [5.74, 6) is 0. The third kappa shape index (κ3) is 15.8. The fourth-order valence-corrected chi connectivity index (χ4v) is 4.48. The van der Waals surface area contributed by atoms with Crippen molar-refractivity contribution in [2.24, 2.45) is 0 Å². The third-order valence-corrected chi connectivity index (χ3v) is 6.77. The molecular weight excluding hydrogens is 426 g/mol. The normalized spacial score (nSPS) is 11.2. The highest BCUT2D eigenvalue weighted by Crippen LogP contribution is 2.16. The topological polar surface area (TPSA) is 24.1 Å². The van der Waals surface area contributed by atoms with Crippen LogP contribution < -0.4 is 10.6 Å². The molecule has 3 nitrogen and oxygen atoms in total. The Balaban J connectivity index is 0.000000351. The number of quaternary nitrogens is 1. The highest BCUT2D eigenvalue weighted by Gasteiger charge is 2.24. The molecule has 35 heavy (non-hydrogen) atoms. The Morgan fingerprint density at radius 3 is 1.09 bits per heavy atom. The van der Waals surface area contributed by atoms with Crippen molar-refractivity contribution in [3.63, 3.8) is 0 Å². The van der Waals surface area contributed by atoms with Gasteiger partial charge in [0.25, 0.3) is 0 Å². The zero-order chi connectivity index (χ0) is 25.5. The van der Waals surface area contributed by atoms with Gasteiger partial charge in [-0.1, -0.05) is 114 Å². The molecule has 0 fully saturated rings. The van der Waals surface area contributed by atoms with Gasteiger partial charge in [0.1, 0.15) is 0 Å². The number of hydrogen-bond acceptors (Lipinski definition) is 2. The van der Waals surface area contributed by atoms with Crippen LogP contribution in [0.25, 0.3) is 0 Å². The van der Waals surface area contributed by atoms with E-state index in [0.717, 1.165) is 26.2 Å². The van der Waals surface area contributed by atoms with Crippen LogP contribution in [0.4, 0.5) is 0 Å². The summed E-state index contributed by atoms with van der Waals surface area (Å²) >= 11 is 0. The van der Waals surface area contributed by atoms with Crippen LogP contribution in [0.3, 0.4) is 0 Å². The van der Waals surface area contributed by atoms with E-state index in [2.05, 4.69) is 86.9 Å². The van der Waals surface area contributed by atoms with Crippen LogP contribution in [0, 0.1) is 0 Å². The molecule has 2 rings (SSSR count). The van der Waals surface area contributed by atoms with E-state index in [1.165, 1.54) is 93.2 Å². The van der Waals surface area contributed by atoms with Gasteiger partial charge in [-0.3, -0.25) is 0 Å². The van der Waals surface area contributed by atoms with E-state index >= 15 is 0 Å². The predicted octanol–water partition coefficient (Wildman–Crippen LogP) is 7.57. The summed E-state index contributed by atoms with van der Waals surface area (Å²) < 4.78 is 1.42. The molecule has 2 N–H and O–H groups in total. The molecule has 0 spiro atoms. The molecule has 0 atom stereocenters. The van der Waals surface area contributed by atoms with E-state index < -0.39 is 0 Å². The highest BCUT2D eigenvalue weighted by atomic mass is 15.3. The number of benzene rings is 2. The SMILES string of the molecule is CCCC[N+](CCCC)(CCCC)CCCC.c1ccc(CNCCNCc2ccccc2)cc1. The number of hydrogen-bond donors (Lipinski definition) is 2. The van der Waals surface area contributed by atoms with E-state index in [1.807, 2.05) is 12.1 Å². The maximum atomic E-state index is 3.43. The molecule has 0 aliphatic carbocycles. The van der Waals surface area contributed by atoms with Crippen LogP contribution in [0.1, 0.15) is 90.2 Å². The van der Waals surface area contributed by atoms with Crippen LogP contribution >= 0.6 is 0 Å². The smallest absolute Gasteiger partial charge is 0.0786 e. The Bertz CT molecular complexity index is 605. The lowest BCUT2D eigenvalue weighted by molar-refractivity contribution is -0.929. The Morgan fingerprint density at radius 1 is 0.486 bits per heavy atom. The van der Waals surface area contributed by atoms with Crippen molar-refractivity contribution >= 4 is 0 Å². The van der Waals surface area contributed by atoms with E-state index in [1.54, 1.807) is 0 Å². The molecule has 0 aliphatic rings. The van der Waals surface area contributed by atoms with Gasteiger partial charge in [-0.05, 0) is 36.8 Å². The molecule has 0 unspecified atom stereocenters. The van der Waals surface area contributed by atoms with E-state index in [-0.39, 0.29) is 0 Å². The minimum atomic E-state index is 0.938. The molecule has 0 aliphatic heterocycles. The second kappa shape index (κ2) is 21.6. The summed E-state index contributed by atoms with van der Waals surface area (Å²) in [6.07, 6.45) is 11.1. The molecule has 2 aromatic carbocycles. The van der Waals surface area contributed by atoms with Gasteiger partial charge in [-0.2, -0.15) is 0 Å². The number of nitrogens with zero attached hydrogens (tertiary/aromatic N) is 1. The van der Waals surface area contributed by atoms with Crippen molar-refractivity contribution < 1.29 is 4.48 Å². The Labute approximate surface area is 218 Å². The average Bonchev–Trinajstić information content (AvgIpc) is 2.91. The monoisotopic (exact) mass is 482 g/mol. The zero-order valence-electron chi connectivity index (χ0n) is 23.5. The van der Waals surface area contributed by atoms with Crippen molar-refractivity contribution in [3.8, 4) is 0 Å². The minimum absolute atomic E-state index is 0.938. The quantitative estimate of drug-likeness (QED) is 0.159. The standard InChI is InChI=1S/C16H20N2.C16H36N/c1-3-7-15(8-4-1)13-17-11-12-18-14-16-9-5-2-6-10-16;1-5-9-13-17(14-10-6-2,15-11-7-3)16-12-8-4/h1-10,17-18H,11-14H2;5-16H2,1-4H3/q;+1. The van der Waals surface area contributed by atoms with Gasteiger partial charge in [-0.15, -0.1) is 0 Å². The van der Waals surface area contributed by atoms with Crippen LogP contribution in [0.5, 0.6) is 0 Å². The van der Waals surface area contributed by atoms with E-state index in [4.69, 9.17) is 0 Å². The van der Waals surface area contributed by atoms with Crippen molar-refractivity contribution in [2.75, 3.05) is 39.3 Å². The van der Waals surface area contributed by atoms with Crippen molar-refractivity contribution in [2.45, 2.75) is 92.2 Å². The zero-order valence-corrected chi connectivity index (χ0v) is 23.5. The van der Waals surface area contributed by atoms with Gasteiger partial charge >= 0.3 is 0 Å². The second-order valence-electron chi connectivity index (χ2n) is 9.98. The molecule has 0 saturated heterocycles. The number of rotatable bonds is 19. The first kappa shape index (κ1) is 31.4. The molecule has 0 bridgehead atoms. The van der Waals surface area contributed by atoms with Crippen LogP contribution in [-0.2, 0) is 13.1 Å². The lowest BCUT2D eigenvalue weighted by atomic mass is 10.1. The fourth-order valence-electron chi connectivity index (χ4n) is 4.48. The van der Waals surface area contributed by atoms with Gasteiger partial charge in [0.15, 0.2) is 0 Å². The summed E-state index contributed by atoms with van der Waals surface area (Å²) in [5.41, 5.74) is 2.67. The van der Waals surface area contributed by atoms with Crippen LogP contribution in [-0.4, -0.2) is 43.8 Å². The largest absolute Gasteiger partial charge is 0.324 e. The van der Waals surface area contributed by atoms with Gasteiger partial charge < -0.3 is 15.1 Å². The summed E-state index contributed by atoms with van der Waals surface area (Å²) in [6.45, 7) is 18.9. The Hall–Kier alpha value is -1.68. The first-order valence-electron chi connectivity index (χ1n) is 14.5. The molecule has 0 heterocycles. The molecule has 2 aromatic rings. The predicted molar refractivity (Wildman–Crippen MR) is 156 cm³/mol. The second-order valence-corrected chi connectivity index (χ2v) is 9.98. The Morgan fingerprint density at radius 2 is 0.800 bits per heavy atom. The Kier molecular flexibility index (Phi) is 19.3. The molecule has 0 aromatic heterocycles. The summed E-state index contributed by atoms with van der Waals surface area (Å²) in [7, 11) is 0.